The Labute approximate surface area is 124 Å². The van der Waals surface area contributed by atoms with Crippen molar-refractivity contribution in [2.45, 2.75) is 39.7 Å². The largest absolute Gasteiger partial charge is 0.465 e. The van der Waals surface area contributed by atoms with Crippen LogP contribution in [0.25, 0.3) is 0 Å². The van der Waals surface area contributed by atoms with E-state index in [2.05, 4.69) is 0 Å². The first-order chi connectivity index (χ1) is 9.90. The van der Waals surface area contributed by atoms with Gasteiger partial charge in [-0.15, -0.1) is 0 Å². The van der Waals surface area contributed by atoms with Crippen LogP contribution >= 0.6 is 0 Å². The molecule has 0 aromatic heterocycles. The maximum absolute atomic E-state index is 13.5. The number of rotatable bonds is 7. The van der Waals surface area contributed by atoms with Gasteiger partial charge in [-0.1, -0.05) is 32.0 Å². The van der Waals surface area contributed by atoms with Gasteiger partial charge in [0.1, 0.15) is 11.9 Å². The van der Waals surface area contributed by atoms with Crippen LogP contribution in [-0.2, 0) is 19.1 Å². The number of halogens is 1. The van der Waals surface area contributed by atoms with Gasteiger partial charge < -0.3 is 9.47 Å². The van der Waals surface area contributed by atoms with E-state index in [4.69, 9.17) is 9.47 Å². The fourth-order valence-corrected chi connectivity index (χ4v) is 1.66. The lowest BCUT2D eigenvalue weighted by Crippen LogP contribution is -2.14. The van der Waals surface area contributed by atoms with Crippen LogP contribution in [0.1, 0.15) is 45.3 Å². The van der Waals surface area contributed by atoms with Gasteiger partial charge in [0, 0.05) is 5.56 Å². The van der Waals surface area contributed by atoms with E-state index in [1.54, 1.807) is 25.1 Å². The van der Waals surface area contributed by atoms with Crippen LogP contribution in [0.3, 0.4) is 0 Å². The molecule has 21 heavy (non-hydrogen) atoms. The fraction of sp³-hybridized carbons (Fsp3) is 0.500. The van der Waals surface area contributed by atoms with E-state index in [-0.39, 0.29) is 18.8 Å². The summed E-state index contributed by atoms with van der Waals surface area (Å²) < 4.78 is 23.6. The third-order valence-corrected chi connectivity index (χ3v) is 2.76. The Hall–Kier alpha value is -1.91. The Kier molecular flexibility index (Phi) is 6.85. The van der Waals surface area contributed by atoms with Crippen LogP contribution in [0.5, 0.6) is 0 Å². The standard InChI is InChI=1S/C16H21FO4/c1-11(2)10-20-15(18)8-9-16(19)21-12(3)13-6-4-5-7-14(13)17/h4-7,11-12H,8-10H2,1-3H3. The number of hydrogen-bond donors (Lipinski definition) is 0. The highest BCUT2D eigenvalue weighted by Crippen LogP contribution is 2.20. The molecule has 1 atom stereocenters. The highest BCUT2D eigenvalue weighted by Gasteiger charge is 2.16. The lowest BCUT2D eigenvalue weighted by atomic mass is 10.1. The van der Waals surface area contributed by atoms with Gasteiger partial charge in [-0.05, 0) is 18.9 Å². The van der Waals surface area contributed by atoms with E-state index in [0.717, 1.165) is 0 Å². The first kappa shape index (κ1) is 17.1. The molecular formula is C16H21FO4. The van der Waals surface area contributed by atoms with E-state index >= 15 is 0 Å². The summed E-state index contributed by atoms with van der Waals surface area (Å²) in [5.74, 6) is -1.15. The third-order valence-electron chi connectivity index (χ3n) is 2.76. The van der Waals surface area contributed by atoms with Crippen molar-refractivity contribution in [1.82, 2.24) is 0 Å². The molecule has 4 nitrogen and oxygen atoms in total. The minimum atomic E-state index is -0.689. The molecule has 0 radical (unpaired) electrons. The first-order valence-corrected chi connectivity index (χ1v) is 6.99. The molecule has 0 N–H and O–H groups in total. The quantitative estimate of drug-likeness (QED) is 0.724. The van der Waals surface area contributed by atoms with Gasteiger partial charge in [-0.25, -0.2) is 4.39 Å². The topological polar surface area (TPSA) is 52.6 Å². The van der Waals surface area contributed by atoms with Crippen molar-refractivity contribution in [3.8, 4) is 0 Å². The maximum atomic E-state index is 13.5. The second-order valence-corrected chi connectivity index (χ2v) is 5.23. The molecule has 0 bridgehead atoms. The van der Waals surface area contributed by atoms with Crippen molar-refractivity contribution in [3.05, 3.63) is 35.6 Å². The molecule has 0 aliphatic heterocycles. The monoisotopic (exact) mass is 296 g/mol. The Balaban J connectivity index is 2.37. The molecule has 1 aromatic rings. The zero-order chi connectivity index (χ0) is 15.8. The average Bonchev–Trinajstić information content (AvgIpc) is 2.43. The second-order valence-electron chi connectivity index (χ2n) is 5.23. The van der Waals surface area contributed by atoms with Crippen molar-refractivity contribution in [1.29, 1.82) is 0 Å². The minimum Gasteiger partial charge on any atom is -0.465 e. The SMILES string of the molecule is CC(C)COC(=O)CCC(=O)OC(C)c1ccccc1F. The van der Waals surface area contributed by atoms with Crippen molar-refractivity contribution >= 4 is 11.9 Å². The van der Waals surface area contributed by atoms with Crippen LogP contribution in [0.2, 0.25) is 0 Å². The van der Waals surface area contributed by atoms with Gasteiger partial charge >= 0.3 is 11.9 Å². The van der Waals surface area contributed by atoms with E-state index in [1.807, 2.05) is 13.8 Å². The summed E-state index contributed by atoms with van der Waals surface area (Å²) in [7, 11) is 0. The van der Waals surface area contributed by atoms with Crippen LogP contribution in [-0.4, -0.2) is 18.5 Å². The number of benzene rings is 1. The van der Waals surface area contributed by atoms with E-state index < -0.39 is 23.9 Å². The molecule has 1 aromatic carbocycles. The van der Waals surface area contributed by atoms with Gasteiger partial charge in [-0.2, -0.15) is 0 Å². The van der Waals surface area contributed by atoms with Crippen LogP contribution in [0.15, 0.2) is 24.3 Å². The first-order valence-electron chi connectivity index (χ1n) is 6.99. The van der Waals surface area contributed by atoms with Crippen molar-refractivity contribution in [2.24, 2.45) is 5.92 Å². The van der Waals surface area contributed by atoms with Crippen molar-refractivity contribution in [2.75, 3.05) is 6.61 Å². The number of hydrogen-bond acceptors (Lipinski definition) is 4. The summed E-state index contributed by atoms with van der Waals surface area (Å²) in [6.07, 6.45) is -0.795. The molecule has 1 unspecified atom stereocenters. The molecule has 1 rings (SSSR count). The van der Waals surface area contributed by atoms with Gasteiger partial charge in [0.15, 0.2) is 0 Å². The summed E-state index contributed by atoms with van der Waals surface area (Å²) in [6.45, 7) is 5.78. The summed E-state index contributed by atoms with van der Waals surface area (Å²) >= 11 is 0. The molecule has 0 spiro atoms. The minimum absolute atomic E-state index is 0.0322. The molecule has 0 aliphatic rings. The predicted octanol–water partition coefficient (Wildman–Crippen LogP) is 3.41. The van der Waals surface area contributed by atoms with E-state index in [1.165, 1.54) is 6.07 Å². The smallest absolute Gasteiger partial charge is 0.306 e. The highest BCUT2D eigenvalue weighted by atomic mass is 19.1. The molecule has 0 aliphatic carbocycles. The number of carbonyl (C=O) groups is 2. The predicted molar refractivity (Wildman–Crippen MR) is 75.9 cm³/mol. The third kappa shape index (κ3) is 6.38. The fourth-order valence-electron chi connectivity index (χ4n) is 1.66. The maximum Gasteiger partial charge on any atom is 0.306 e. The molecular weight excluding hydrogens is 275 g/mol. The number of carbonyl (C=O) groups excluding carboxylic acids is 2. The van der Waals surface area contributed by atoms with Crippen molar-refractivity contribution < 1.29 is 23.5 Å². The Morgan fingerprint density at radius 3 is 2.33 bits per heavy atom. The Morgan fingerprint density at radius 1 is 1.10 bits per heavy atom. The zero-order valence-electron chi connectivity index (χ0n) is 12.6. The van der Waals surface area contributed by atoms with Crippen LogP contribution in [0.4, 0.5) is 4.39 Å². The normalized spacial score (nSPS) is 12.0. The van der Waals surface area contributed by atoms with Crippen molar-refractivity contribution in [3.63, 3.8) is 0 Å². The molecule has 0 saturated carbocycles. The van der Waals surface area contributed by atoms with Gasteiger partial charge in [0.25, 0.3) is 0 Å². The van der Waals surface area contributed by atoms with Gasteiger partial charge in [0.05, 0.1) is 19.4 Å². The summed E-state index contributed by atoms with van der Waals surface area (Å²) in [6, 6.07) is 6.11. The highest BCUT2D eigenvalue weighted by molar-refractivity contribution is 5.77. The molecule has 0 amide bonds. The molecule has 0 fully saturated rings. The summed E-state index contributed by atoms with van der Waals surface area (Å²) in [4.78, 5) is 23.0. The second kappa shape index (κ2) is 8.39. The molecule has 116 valence electrons. The van der Waals surface area contributed by atoms with Gasteiger partial charge in [0.2, 0.25) is 0 Å². The number of esters is 2. The molecule has 0 heterocycles. The van der Waals surface area contributed by atoms with Crippen LogP contribution < -0.4 is 0 Å². The Bertz CT molecular complexity index is 485. The lowest BCUT2D eigenvalue weighted by molar-refractivity contribution is -0.153. The molecule has 5 heteroatoms. The summed E-state index contributed by atoms with van der Waals surface area (Å²) in [5, 5.41) is 0. The Morgan fingerprint density at radius 2 is 1.71 bits per heavy atom. The van der Waals surface area contributed by atoms with Gasteiger partial charge in [-0.3, -0.25) is 9.59 Å². The van der Waals surface area contributed by atoms with E-state index in [9.17, 15) is 14.0 Å². The summed E-state index contributed by atoms with van der Waals surface area (Å²) in [5.41, 5.74) is 0.313. The molecule has 0 saturated heterocycles. The lowest BCUT2D eigenvalue weighted by Gasteiger charge is -2.14. The zero-order valence-corrected chi connectivity index (χ0v) is 12.6. The van der Waals surface area contributed by atoms with Crippen LogP contribution in [0, 0.1) is 11.7 Å². The average molecular weight is 296 g/mol. The number of ether oxygens (including phenoxy) is 2. The van der Waals surface area contributed by atoms with E-state index in [0.29, 0.717) is 12.2 Å².